The van der Waals surface area contributed by atoms with Crippen LogP contribution in [-0.2, 0) is 7.05 Å². The summed E-state index contributed by atoms with van der Waals surface area (Å²) in [6.07, 6.45) is 1.26. The van der Waals surface area contributed by atoms with Crippen LogP contribution in [0.15, 0.2) is 16.2 Å². The maximum absolute atomic E-state index is 10.6. The molecule has 1 rings (SSSR count). The van der Waals surface area contributed by atoms with Gasteiger partial charge in [-0.15, -0.1) is 4.91 Å². The number of hydrogen-bond acceptors (Lipinski definition) is 3. The molecule has 1 aromatic rings. The fourth-order valence-electron chi connectivity index (χ4n) is 0.516. The monoisotopic (exact) mass is 127 g/mol. The Bertz CT molecular complexity index is 272. The molecular weight excluding hydrogens is 122 g/mol. The van der Waals surface area contributed by atoms with Crippen molar-refractivity contribution in [3.8, 4) is 0 Å². The Labute approximate surface area is 50.3 Å². The topological polar surface area (TPSA) is 67.2 Å². The van der Waals surface area contributed by atoms with Gasteiger partial charge < -0.3 is 5.10 Å². The minimum absolute atomic E-state index is 0.0856. The van der Waals surface area contributed by atoms with E-state index in [1.807, 2.05) is 0 Å². The summed E-state index contributed by atoms with van der Waals surface area (Å²) >= 11 is 0. The molecular formula is C4H5N3O2. The number of aromatic amines is 1. The molecule has 0 aliphatic carbocycles. The minimum atomic E-state index is -0.398. The van der Waals surface area contributed by atoms with Crippen LogP contribution in [0.25, 0.3) is 0 Å². The molecule has 0 radical (unpaired) electrons. The largest absolute Gasteiger partial charge is 0.301 e. The summed E-state index contributed by atoms with van der Waals surface area (Å²) in [7, 11) is 1.51. The number of aryl methyl sites for hydroxylation is 1. The number of rotatable bonds is 1. The van der Waals surface area contributed by atoms with E-state index >= 15 is 0 Å². The highest BCUT2D eigenvalue weighted by Gasteiger charge is 1.99. The number of hydrogen-bond donors (Lipinski definition) is 1. The first-order valence-corrected chi connectivity index (χ1v) is 2.33. The highest BCUT2D eigenvalue weighted by atomic mass is 16.3. The van der Waals surface area contributed by atoms with E-state index in [-0.39, 0.29) is 5.69 Å². The lowest BCUT2D eigenvalue weighted by Gasteiger charge is -1.80. The van der Waals surface area contributed by atoms with Gasteiger partial charge in [0.05, 0.1) is 6.20 Å². The van der Waals surface area contributed by atoms with Crippen LogP contribution in [0.5, 0.6) is 0 Å². The molecule has 0 amide bonds. The molecule has 48 valence electrons. The molecule has 5 nitrogen and oxygen atoms in total. The second-order valence-corrected chi connectivity index (χ2v) is 1.61. The Morgan fingerprint density at radius 3 is 2.67 bits per heavy atom. The van der Waals surface area contributed by atoms with Gasteiger partial charge in [0.1, 0.15) is 0 Å². The van der Waals surface area contributed by atoms with E-state index in [1.165, 1.54) is 17.9 Å². The van der Waals surface area contributed by atoms with E-state index in [2.05, 4.69) is 10.3 Å². The summed E-state index contributed by atoms with van der Waals surface area (Å²) < 4.78 is 1.18. The predicted octanol–water partition coefficient (Wildman–Crippen LogP) is 0.111. The number of H-pyrrole nitrogens is 1. The zero-order valence-electron chi connectivity index (χ0n) is 4.79. The molecule has 0 aliphatic rings. The summed E-state index contributed by atoms with van der Waals surface area (Å²) in [5.74, 6) is 0. The molecule has 1 aromatic heterocycles. The number of nitrogens with one attached hydrogen (secondary N) is 1. The van der Waals surface area contributed by atoms with Crippen molar-refractivity contribution in [2.75, 3.05) is 0 Å². The average Bonchev–Trinajstić information content (AvgIpc) is 2.15. The van der Waals surface area contributed by atoms with Gasteiger partial charge >= 0.3 is 0 Å². The van der Waals surface area contributed by atoms with Crippen LogP contribution in [0.2, 0.25) is 0 Å². The highest BCUT2D eigenvalue weighted by molar-refractivity contribution is 5.29. The quantitative estimate of drug-likeness (QED) is 0.544. The number of aromatic nitrogens is 2. The van der Waals surface area contributed by atoms with Crippen molar-refractivity contribution in [2.45, 2.75) is 0 Å². The van der Waals surface area contributed by atoms with Crippen LogP contribution in [0.4, 0.5) is 5.69 Å². The van der Waals surface area contributed by atoms with Crippen molar-refractivity contribution in [1.82, 2.24) is 9.78 Å². The van der Waals surface area contributed by atoms with E-state index in [4.69, 9.17) is 0 Å². The highest BCUT2D eigenvalue weighted by Crippen LogP contribution is 1.97. The zero-order valence-corrected chi connectivity index (χ0v) is 4.79. The van der Waals surface area contributed by atoms with Gasteiger partial charge in [-0.3, -0.25) is 9.48 Å². The van der Waals surface area contributed by atoms with Crippen molar-refractivity contribution < 1.29 is 0 Å². The molecule has 0 spiro atoms. The predicted molar refractivity (Wildman–Crippen MR) is 31.5 cm³/mol. The molecule has 0 saturated carbocycles. The van der Waals surface area contributed by atoms with E-state index in [1.54, 1.807) is 0 Å². The van der Waals surface area contributed by atoms with E-state index < -0.39 is 5.56 Å². The summed E-state index contributed by atoms with van der Waals surface area (Å²) in [5.41, 5.74) is -0.484. The van der Waals surface area contributed by atoms with Gasteiger partial charge in [0.25, 0.3) is 5.56 Å². The van der Waals surface area contributed by atoms with Gasteiger partial charge in [-0.05, 0) is 5.18 Å². The summed E-state index contributed by atoms with van der Waals surface area (Å²) in [4.78, 5) is 20.4. The molecule has 0 fully saturated rings. The summed E-state index contributed by atoms with van der Waals surface area (Å²) in [6.45, 7) is 0. The summed E-state index contributed by atoms with van der Waals surface area (Å²) in [6, 6.07) is 0. The Morgan fingerprint density at radius 2 is 2.44 bits per heavy atom. The van der Waals surface area contributed by atoms with Crippen LogP contribution in [0, 0.1) is 4.91 Å². The number of nitrogens with zero attached hydrogens (tertiary/aromatic N) is 2. The second kappa shape index (κ2) is 1.85. The lowest BCUT2D eigenvalue weighted by Crippen LogP contribution is -2.10. The molecule has 0 aromatic carbocycles. The maximum atomic E-state index is 10.6. The Morgan fingerprint density at radius 1 is 1.78 bits per heavy atom. The molecule has 0 atom stereocenters. The van der Waals surface area contributed by atoms with Crippen molar-refractivity contribution in [2.24, 2.45) is 12.2 Å². The molecule has 1 N–H and O–H groups in total. The smallest absolute Gasteiger partial charge is 0.295 e. The van der Waals surface area contributed by atoms with Crippen LogP contribution in [0.1, 0.15) is 0 Å². The van der Waals surface area contributed by atoms with Crippen molar-refractivity contribution >= 4 is 5.69 Å². The average molecular weight is 127 g/mol. The molecule has 0 saturated heterocycles. The van der Waals surface area contributed by atoms with Crippen molar-refractivity contribution in [3.63, 3.8) is 0 Å². The SMILES string of the molecule is Cn1[nH]cc(N=O)c1=O. The van der Waals surface area contributed by atoms with Crippen LogP contribution >= 0.6 is 0 Å². The third kappa shape index (κ3) is 0.758. The van der Waals surface area contributed by atoms with Crippen LogP contribution in [-0.4, -0.2) is 9.78 Å². The molecule has 9 heavy (non-hydrogen) atoms. The zero-order chi connectivity index (χ0) is 6.85. The first-order chi connectivity index (χ1) is 4.25. The van der Waals surface area contributed by atoms with E-state index in [0.717, 1.165) is 0 Å². The fourth-order valence-corrected chi connectivity index (χ4v) is 0.516. The molecule has 0 unspecified atom stereocenters. The molecule has 0 bridgehead atoms. The summed E-state index contributed by atoms with van der Waals surface area (Å²) in [5, 5.41) is 4.97. The first-order valence-electron chi connectivity index (χ1n) is 2.33. The third-order valence-corrected chi connectivity index (χ3v) is 1.02. The van der Waals surface area contributed by atoms with Gasteiger partial charge in [-0.1, -0.05) is 0 Å². The number of nitroso groups, excluding NO2 is 1. The lowest BCUT2D eigenvalue weighted by atomic mass is 10.6. The Hall–Kier alpha value is -1.39. The second-order valence-electron chi connectivity index (χ2n) is 1.61. The lowest BCUT2D eigenvalue weighted by molar-refractivity contribution is 0.740. The van der Waals surface area contributed by atoms with Crippen LogP contribution in [0.3, 0.4) is 0 Å². The van der Waals surface area contributed by atoms with Crippen LogP contribution < -0.4 is 5.56 Å². The van der Waals surface area contributed by atoms with Gasteiger partial charge in [-0.25, -0.2) is 0 Å². The standard InChI is InChI=1S/C4H5N3O2/c1-7-4(8)3(6-9)2-5-7/h2,5H,1H3. The third-order valence-electron chi connectivity index (χ3n) is 1.02. The molecule has 0 aliphatic heterocycles. The minimum Gasteiger partial charge on any atom is -0.301 e. The van der Waals surface area contributed by atoms with E-state index in [0.29, 0.717) is 0 Å². The normalized spacial score (nSPS) is 9.44. The fraction of sp³-hybridized carbons (Fsp3) is 0.250. The Kier molecular flexibility index (Phi) is 1.18. The van der Waals surface area contributed by atoms with Gasteiger partial charge in [-0.2, -0.15) is 0 Å². The van der Waals surface area contributed by atoms with Crippen molar-refractivity contribution in [1.29, 1.82) is 0 Å². The Balaban J connectivity index is 3.36. The van der Waals surface area contributed by atoms with Crippen molar-refractivity contribution in [3.05, 3.63) is 21.5 Å². The molecule has 1 heterocycles. The van der Waals surface area contributed by atoms with Gasteiger partial charge in [0, 0.05) is 7.05 Å². The first kappa shape index (κ1) is 5.74. The van der Waals surface area contributed by atoms with Gasteiger partial charge in [0.2, 0.25) is 0 Å². The maximum Gasteiger partial charge on any atom is 0.295 e. The molecule has 5 heteroatoms. The van der Waals surface area contributed by atoms with Gasteiger partial charge in [0.15, 0.2) is 5.69 Å². The van der Waals surface area contributed by atoms with E-state index in [9.17, 15) is 9.70 Å².